The largest absolute Gasteiger partial charge is 0.445 e. The minimum absolute atomic E-state index is 0.0436. The Morgan fingerprint density at radius 1 is 0.844 bits per heavy atom. The van der Waals surface area contributed by atoms with Crippen LogP contribution < -0.4 is 27.4 Å². The fraction of sp³-hybridized carbons (Fsp3) is 0.533. The van der Waals surface area contributed by atoms with Gasteiger partial charge in [-0.15, -0.1) is 0 Å². The number of nitrogen functional groups attached to an aromatic ring is 1. The minimum atomic E-state index is -0.994. The first-order valence-electron chi connectivity index (χ1n) is 21.7. The van der Waals surface area contributed by atoms with E-state index in [2.05, 4.69) is 20.9 Å². The molecule has 0 radical (unpaired) electrons. The molecule has 2 aromatic carbocycles. The minimum Gasteiger partial charge on any atom is -0.445 e. The standard InChI is InChI=1S/C45H66N10O9/c1-9-61-26-35-51-38-39(32-15-11-12-16-33(32)49-40(38)47)55(35)28-45(5,6)64-44(60)54(8)24-23-53(7)43(59)63-25-30-18-20-31(21-19-30)48-41(57)34(17-13-14-22-46)50-42(58)37(29(3)4)52-36(56)27-62-10-2/h11-12,15-16,18-21,29,34,37H,9-10,13-14,17,22-28,46H2,1-8H3,(H2,47,49)(H,48,57)(H,50,58)(H,52,56)/t34-,37-/m0/s1. The van der Waals surface area contributed by atoms with E-state index in [0.29, 0.717) is 67.4 Å². The van der Waals surface area contributed by atoms with Crippen LogP contribution in [0.2, 0.25) is 0 Å². The van der Waals surface area contributed by atoms with Crippen molar-refractivity contribution in [2.75, 3.05) is 64.6 Å². The third-order valence-electron chi connectivity index (χ3n) is 10.3. The number of pyridine rings is 1. The van der Waals surface area contributed by atoms with Crippen molar-refractivity contribution in [3.05, 3.63) is 59.9 Å². The monoisotopic (exact) mass is 891 g/mol. The number of ether oxygens (including phenoxy) is 4. The van der Waals surface area contributed by atoms with Crippen LogP contribution in [0.15, 0.2) is 48.5 Å². The first-order chi connectivity index (χ1) is 30.5. The number of anilines is 2. The van der Waals surface area contributed by atoms with Gasteiger partial charge in [-0.2, -0.15) is 0 Å². The first kappa shape index (κ1) is 50.6. The Bertz CT molecular complexity index is 2190. The number of hydrogen-bond donors (Lipinski definition) is 5. The molecule has 0 aliphatic heterocycles. The molecule has 350 valence electrons. The molecule has 4 rings (SSSR count). The van der Waals surface area contributed by atoms with Crippen molar-refractivity contribution in [2.24, 2.45) is 11.7 Å². The Morgan fingerprint density at radius 3 is 2.17 bits per heavy atom. The van der Waals surface area contributed by atoms with Crippen LogP contribution >= 0.6 is 0 Å². The van der Waals surface area contributed by atoms with Gasteiger partial charge in [-0.3, -0.25) is 14.4 Å². The first-order valence-corrected chi connectivity index (χ1v) is 21.7. The van der Waals surface area contributed by atoms with E-state index in [9.17, 15) is 24.0 Å². The van der Waals surface area contributed by atoms with Crippen molar-refractivity contribution in [3.63, 3.8) is 0 Å². The summed E-state index contributed by atoms with van der Waals surface area (Å²) < 4.78 is 24.4. The van der Waals surface area contributed by atoms with Crippen molar-refractivity contribution >= 4 is 63.3 Å². The number of aromatic nitrogens is 3. The van der Waals surface area contributed by atoms with Crippen LogP contribution in [0.4, 0.5) is 21.1 Å². The van der Waals surface area contributed by atoms with Gasteiger partial charge in [0.2, 0.25) is 17.7 Å². The maximum Gasteiger partial charge on any atom is 0.410 e. The summed E-state index contributed by atoms with van der Waals surface area (Å²) >= 11 is 0. The van der Waals surface area contributed by atoms with Crippen molar-refractivity contribution in [1.29, 1.82) is 0 Å². The number of nitrogens with two attached hydrogens (primary N) is 2. The van der Waals surface area contributed by atoms with Crippen LogP contribution in [0.25, 0.3) is 21.9 Å². The number of unbranched alkanes of at least 4 members (excludes halogenated alkanes) is 1. The summed E-state index contributed by atoms with van der Waals surface area (Å²) in [5, 5.41) is 9.20. The second kappa shape index (κ2) is 24.1. The highest BCUT2D eigenvalue weighted by molar-refractivity contribution is 6.06. The summed E-state index contributed by atoms with van der Waals surface area (Å²) in [5.41, 5.74) is 14.2. The zero-order valence-corrected chi connectivity index (χ0v) is 38.4. The van der Waals surface area contributed by atoms with E-state index in [1.165, 1.54) is 9.80 Å². The van der Waals surface area contributed by atoms with Crippen LogP contribution in [0.1, 0.15) is 72.2 Å². The number of carbonyl (C=O) groups excluding carboxylic acids is 5. The SMILES string of the molecule is CCOCC(=O)N[C@H](C(=O)N[C@@H](CCCCN)C(=O)Nc1ccc(COC(=O)N(C)CCN(C)C(=O)OC(C)(C)Cn2c(COCC)nc3c(N)nc4ccccc4c32)cc1)C(C)C. The number of nitrogens with zero attached hydrogens (tertiary/aromatic N) is 5. The van der Waals surface area contributed by atoms with Gasteiger partial charge in [-0.1, -0.05) is 44.2 Å². The number of para-hydroxylation sites is 1. The molecule has 2 aromatic heterocycles. The quantitative estimate of drug-likeness (QED) is 0.0607. The highest BCUT2D eigenvalue weighted by Gasteiger charge is 2.31. The van der Waals surface area contributed by atoms with Gasteiger partial charge in [0.15, 0.2) is 5.82 Å². The molecule has 4 aromatic rings. The maximum absolute atomic E-state index is 13.4. The van der Waals surface area contributed by atoms with Gasteiger partial charge >= 0.3 is 12.2 Å². The number of fused-ring (bicyclic) bond motifs is 3. The van der Waals surface area contributed by atoms with Gasteiger partial charge in [0.25, 0.3) is 0 Å². The molecule has 64 heavy (non-hydrogen) atoms. The molecule has 5 amide bonds. The lowest BCUT2D eigenvalue weighted by atomic mass is 10.0. The van der Waals surface area contributed by atoms with E-state index in [4.69, 9.17) is 35.4 Å². The number of benzene rings is 2. The van der Waals surface area contributed by atoms with Gasteiger partial charge in [0.1, 0.15) is 48.8 Å². The Kier molecular flexibility index (Phi) is 19.1. The maximum atomic E-state index is 13.4. The number of amides is 5. The molecule has 0 fully saturated rings. The van der Waals surface area contributed by atoms with E-state index in [0.717, 1.165) is 16.4 Å². The molecule has 7 N–H and O–H groups in total. The fourth-order valence-corrected chi connectivity index (χ4v) is 6.73. The second-order valence-electron chi connectivity index (χ2n) is 16.4. The lowest BCUT2D eigenvalue weighted by Crippen LogP contribution is -2.55. The summed E-state index contributed by atoms with van der Waals surface area (Å²) in [6.07, 6.45) is 0.433. The molecule has 0 aliphatic carbocycles. The second-order valence-corrected chi connectivity index (χ2v) is 16.4. The molecule has 0 saturated heterocycles. The van der Waals surface area contributed by atoms with E-state index >= 15 is 0 Å². The fourth-order valence-electron chi connectivity index (χ4n) is 6.73. The van der Waals surface area contributed by atoms with Crippen molar-refractivity contribution in [3.8, 4) is 0 Å². The normalized spacial score (nSPS) is 12.5. The third kappa shape index (κ3) is 14.5. The van der Waals surface area contributed by atoms with E-state index in [1.54, 1.807) is 59.1 Å². The number of imidazole rings is 1. The van der Waals surface area contributed by atoms with Gasteiger partial charge < -0.3 is 60.7 Å². The van der Waals surface area contributed by atoms with E-state index < -0.39 is 47.6 Å². The lowest BCUT2D eigenvalue weighted by Gasteiger charge is -2.30. The predicted octanol–water partition coefficient (Wildman–Crippen LogP) is 4.55. The van der Waals surface area contributed by atoms with E-state index in [-0.39, 0.29) is 45.4 Å². The summed E-state index contributed by atoms with van der Waals surface area (Å²) in [4.78, 5) is 77.3. The van der Waals surface area contributed by atoms with Crippen LogP contribution in [0.5, 0.6) is 0 Å². The molecule has 0 saturated carbocycles. The van der Waals surface area contributed by atoms with Gasteiger partial charge in [-0.25, -0.2) is 19.6 Å². The number of hydrogen-bond acceptors (Lipinski definition) is 13. The Morgan fingerprint density at radius 2 is 1.52 bits per heavy atom. The van der Waals surface area contributed by atoms with Gasteiger partial charge in [0.05, 0.1) is 17.6 Å². The van der Waals surface area contributed by atoms with Crippen LogP contribution in [-0.2, 0) is 53.1 Å². The molecule has 19 nitrogen and oxygen atoms in total. The molecule has 0 aliphatic rings. The summed E-state index contributed by atoms with van der Waals surface area (Å²) in [5.74, 6) is -0.654. The highest BCUT2D eigenvalue weighted by atomic mass is 16.6. The van der Waals surface area contributed by atoms with Crippen molar-refractivity contribution in [2.45, 2.75) is 98.2 Å². The van der Waals surface area contributed by atoms with Crippen LogP contribution in [-0.4, -0.2) is 125 Å². The Labute approximate surface area is 374 Å². The zero-order chi connectivity index (χ0) is 47.0. The molecule has 19 heteroatoms. The summed E-state index contributed by atoms with van der Waals surface area (Å²) in [6, 6.07) is 12.6. The molecule has 2 atom stereocenters. The Hall–Kier alpha value is -6.05. The van der Waals surface area contributed by atoms with Crippen LogP contribution in [0.3, 0.4) is 0 Å². The highest BCUT2D eigenvalue weighted by Crippen LogP contribution is 2.31. The average molecular weight is 891 g/mol. The predicted molar refractivity (Wildman–Crippen MR) is 244 cm³/mol. The van der Waals surface area contributed by atoms with Crippen molar-refractivity contribution in [1.82, 2.24) is 35.0 Å². The molecule has 2 heterocycles. The molecule has 0 unspecified atom stereocenters. The van der Waals surface area contributed by atoms with Crippen molar-refractivity contribution < 1.29 is 42.9 Å². The Balaban J connectivity index is 1.28. The summed E-state index contributed by atoms with van der Waals surface area (Å²) in [7, 11) is 3.16. The zero-order valence-electron chi connectivity index (χ0n) is 38.4. The average Bonchev–Trinajstić information content (AvgIpc) is 3.62. The number of likely N-dealkylation sites (N-methyl/N-ethyl adjacent to an activating group) is 2. The topological polar surface area (TPSA) is 248 Å². The smallest absolute Gasteiger partial charge is 0.410 e. The van der Waals surface area contributed by atoms with Crippen LogP contribution in [0, 0.1) is 5.92 Å². The number of nitrogens with one attached hydrogen (secondary N) is 3. The third-order valence-corrected chi connectivity index (χ3v) is 10.3. The molecule has 0 spiro atoms. The van der Waals surface area contributed by atoms with Gasteiger partial charge in [-0.05, 0) is 83.2 Å². The summed E-state index contributed by atoms with van der Waals surface area (Å²) in [6.45, 7) is 12.8. The molecular formula is C45H66N10O9. The number of carbonyl (C=O) groups is 5. The van der Waals surface area contributed by atoms with Gasteiger partial charge in [0, 0.05) is 51.5 Å². The number of rotatable bonds is 24. The molecular weight excluding hydrogens is 825 g/mol. The lowest BCUT2D eigenvalue weighted by molar-refractivity contribution is -0.133. The molecule has 0 bridgehead atoms. The van der Waals surface area contributed by atoms with E-state index in [1.807, 2.05) is 49.6 Å².